The molecule has 2 aromatic rings. The van der Waals surface area contributed by atoms with Gasteiger partial charge in [0, 0.05) is 29.9 Å². The topological polar surface area (TPSA) is 17.1 Å². The maximum Gasteiger partial charge on any atom is 0.196 e. The highest BCUT2D eigenvalue weighted by atomic mass is 127. The summed E-state index contributed by atoms with van der Waals surface area (Å²) in [6.07, 6.45) is 0. The van der Waals surface area contributed by atoms with Crippen LogP contribution in [0.25, 0.3) is 0 Å². The summed E-state index contributed by atoms with van der Waals surface area (Å²) < 4.78 is 14.3. The predicted octanol–water partition coefficient (Wildman–Crippen LogP) is 4.49. The summed E-state index contributed by atoms with van der Waals surface area (Å²) in [5.41, 5.74) is 1.15. The van der Waals surface area contributed by atoms with Crippen molar-refractivity contribution >= 4 is 55.6 Å². The molecule has 0 N–H and O–H groups in total. The van der Waals surface area contributed by atoms with Crippen molar-refractivity contribution < 1.29 is 9.18 Å². The van der Waals surface area contributed by atoms with Gasteiger partial charge in [-0.05, 0) is 56.7 Å². The molecule has 0 spiro atoms. The summed E-state index contributed by atoms with van der Waals surface area (Å²) in [5.74, 6) is -0.414. The van der Waals surface area contributed by atoms with Crippen molar-refractivity contribution in [3.8, 4) is 0 Å². The van der Waals surface area contributed by atoms with Crippen LogP contribution in [0.5, 0.6) is 0 Å². The van der Waals surface area contributed by atoms with Gasteiger partial charge in [-0.2, -0.15) is 11.3 Å². The third-order valence-corrected chi connectivity index (χ3v) is 4.63. The van der Waals surface area contributed by atoms with Gasteiger partial charge in [0.25, 0.3) is 0 Å². The van der Waals surface area contributed by atoms with Crippen molar-refractivity contribution in [3.63, 3.8) is 0 Å². The van der Waals surface area contributed by atoms with Crippen molar-refractivity contribution in [2.45, 2.75) is 0 Å². The second-order valence-corrected chi connectivity index (χ2v) is 5.85. The first-order valence-electron chi connectivity index (χ1n) is 4.31. The molecular formula is C11H5BrFIOS. The van der Waals surface area contributed by atoms with E-state index < -0.39 is 0 Å². The molecule has 0 amide bonds. The molecule has 0 saturated heterocycles. The Labute approximate surface area is 118 Å². The Kier molecular flexibility index (Phi) is 3.76. The Morgan fingerprint density at radius 2 is 2.06 bits per heavy atom. The lowest BCUT2D eigenvalue weighted by Gasteiger charge is -2.02. The van der Waals surface area contributed by atoms with E-state index in [9.17, 15) is 9.18 Å². The molecule has 0 fully saturated rings. The fraction of sp³-hybridized carbons (Fsp3) is 0. The fourth-order valence-corrected chi connectivity index (χ4v) is 3.44. The minimum atomic E-state index is -0.328. The van der Waals surface area contributed by atoms with Crippen molar-refractivity contribution in [2.24, 2.45) is 0 Å². The van der Waals surface area contributed by atoms with Crippen LogP contribution in [-0.4, -0.2) is 5.78 Å². The highest BCUT2D eigenvalue weighted by Crippen LogP contribution is 2.26. The van der Waals surface area contributed by atoms with E-state index in [0.717, 1.165) is 4.47 Å². The Morgan fingerprint density at radius 1 is 1.31 bits per heavy atom. The Morgan fingerprint density at radius 3 is 2.62 bits per heavy atom. The van der Waals surface area contributed by atoms with Crippen LogP contribution >= 0.6 is 49.9 Å². The summed E-state index contributed by atoms with van der Waals surface area (Å²) in [6.45, 7) is 0. The van der Waals surface area contributed by atoms with Crippen LogP contribution in [0.1, 0.15) is 15.9 Å². The molecule has 82 valence electrons. The van der Waals surface area contributed by atoms with E-state index in [0.29, 0.717) is 14.7 Å². The van der Waals surface area contributed by atoms with Crippen LogP contribution in [0.2, 0.25) is 0 Å². The molecule has 0 radical (unpaired) electrons. The summed E-state index contributed by atoms with van der Waals surface area (Å²) in [5, 5.41) is 3.63. The molecule has 16 heavy (non-hydrogen) atoms. The first-order chi connectivity index (χ1) is 7.59. The lowest BCUT2D eigenvalue weighted by atomic mass is 10.1. The van der Waals surface area contributed by atoms with E-state index in [4.69, 9.17) is 0 Å². The number of hydrogen-bond acceptors (Lipinski definition) is 2. The van der Waals surface area contributed by atoms with E-state index in [1.165, 1.54) is 29.5 Å². The van der Waals surface area contributed by atoms with Gasteiger partial charge in [-0.1, -0.05) is 0 Å². The van der Waals surface area contributed by atoms with Crippen LogP contribution in [0, 0.1) is 9.39 Å². The zero-order valence-electron chi connectivity index (χ0n) is 7.84. The van der Waals surface area contributed by atoms with E-state index >= 15 is 0 Å². The van der Waals surface area contributed by atoms with Gasteiger partial charge in [0.2, 0.25) is 0 Å². The predicted molar refractivity (Wildman–Crippen MR) is 74.6 cm³/mol. The normalized spacial score (nSPS) is 10.4. The number of benzene rings is 1. The van der Waals surface area contributed by atoms with Gasteiger partial charge >= 0.3 is 0 Å². The molecule has 1 heterocycles. The largest absolute Gasteiger partial charge is 0.288 e. The van der Waals surface area contributed by atoms with E-state index in [1.807, 2.05) is 28.0 Å². The molecule has 0 bridgehead atoms. The van der Waals surface area contributed by atoms with Crippen LogP contribution in [-0.2, 0) is 0 Å². The lowest BCUT2D eigenvalue weighted by Crippen LogP contribution is -2.03. The van der Waals surface area contributed by atoms with Crippen LogP contribution < -0.4 is 0 Å². The summed E-state index contributed by atoms with van der Waals surface area (Å²) in [7, 11) is 0. The van der Waals surface area contributed by atoms with E-state index in [-0.39, 0.29) is 11.6 Å². The van der Waals surface area contributed by atoms with Crippen molar-refractivity contribution in [2.75, 3.05) is 0 Å². The molecule has 0 aliphatic carbocycles. The van der Waals surface area contributed by atoms with Crippen LogP contribution in [0.3, 0.4) is 0 Å². The van der Waals surface area contributed by atoms with Gasteiger partial charge in [0.05, 0.1) is 0 Å². The van der Waals surface area contributed by atoms with Gasteiger partial charge in [-0.15, -0.1) is 0 Å². The number of rotatable bonds is 2. The molecule has 0 atom stereocenters. The highest BCUT2D eigenvalue weighted by molar-refractivity contribution is 14.1. The first-order valence-corrected chi connectivity index (χ1v) is 7.12. The first kappa shape index (κ1) is 12.2. The second kappa shape index (κ2) is 4.93. The molecule has 1 aromatic heterocycles. The highest BCUT2D eigenvalue weighted by Gasteiger charge is 2.16. The fourth-order valence-electron chi connectivity index (χ4n) is 1.26. The number of hydrogen-bond donors (Lipinski definition) is 0. The molecule has 5 heteroatoms. The Hall–Kier alpha value is -0.270. The standard InChI is InChI=1S/C11H5BrFIOS/c12-9-5-16-4-8(9)11(15)7-2-1-6(13)3-10(7)14/h1-5H. The Bertz CT molecular complexity index is 553. The van der Waals surface area contributed by atoms with Gasteiger partial charge in [-0.3, -0.25) is 4.79 Å². The van der Waals surface area contributed by atoms with Crippen molar-refractivity contribution in [1.29, 1.82) is 0 Å². The third kappa shape index (κ3) is 2.36. The number of carbonyl (C=O) groups is 1. The average molecular weight is 411 g/mol. The number of ketones is 1. The molecule has 0 aliphatic heterocycles. The zero-order valence-corrected chi connectivity index (χ0v) is 12.4. The maximum absolute atomic E-state index is 12.9. The minimum Gasteiger partial charge on any atom is -0.288 e. The SMILES string of the molecule is O=C(c1cscc1Br)c1ccc(F)cc1I. The summed E-state index contributed by atoms with van der Waals surface area (Å²) >= 11 is 6.74. The van der Waals surface area contributed by atoms with Gasteiger partial charge in [0.1, 0.15) is 5.82 Å². The molecule has 1 nitrogen and oxygen atoms in total. The number of carbonyl (C=O) groups excluding carboxylic acids is 1. The molecule has 0 saturated carbocycles. The monoisotopic (exact) mass is 410 g/mol. The summed E-state index contributed by atoms with van der Waals surface area (Å²) in [6, 6.07) is 4.17. The molecule has 0 unspecified atom stereocenters. The van der Waals surface area contributed by atoms with Crippen LogP contribution in [0.4, 0.5) is 4.39 Å². The summed E-state index contributed by atoms with van der Waals surface area (Å²) in [4.78, 5) is 12.1. The third-order valence-electron chi connectivity index (χ3n) is 2.04. The molecule has 1 aromatic carbocycles. The average Bonchev–Trinajstić information content (AvgIpc) is 2.63. The van der Waals surface area contributed by atoms with Gasteiger partial charge < -0.3 is 0 Å². The van der Waals surface area contributed by atoms with Crippen molar-refractivity contribution in [3.05, 3.63) is 53.9 Å². The van der Waals surface area contributed by atoms with E-state index in [1.54, 1.807) is 5.38 Å². The molecule has 0 aliphatic rings. The van der Waals surface area contributed by atoms with Crippen molar-refractivity contribution in [1.82, 2.24) is 0 Å². The quantitative estimate of drug-likeness (QED) is 0.526. The van der Waals surface area contributed by atoms with E-state index in [2.05, 4.69) is 15.9 Å². The molecule has 2 rings (SSSR count). The van der Waals surface area contributed by atoms with Crippen LogP contribution in [0.15, 0.2) is 33.4 Å². The minimum absolute atomic E-state index is 0.0856. The number of halogens is 3. The lowest BCUT2D eigenvalue weighted by molar-refractivity contribution is 0.103. The Balaban J connectivity index is 2.46. The maximum atomic E-state index is 12.9. The second-order valence-electron chi connectivity index (χ2n) is 3.09. The number of thiophene rings is 1. The van der Waals surface area contributed by atoms with Gasteiger partial charge in [0.15, 0.2) is 5.78 Å². The smallest absolute Gasteiger partial charge is 0.196 e. The van der Waals surface area contributed by atoms with Gasteiger partial charge in [-0.25, -0.2) is 4.39 Å². The zero-order chi connectivity index (χ0) is 11.7. The molecular weight excluding hydrogens is 406 g/mol.